The van der Waals surface area contributed by atoms with Gasteiger partial charge in [0.1, 0.15) is 22.5 Å². The Hall–Kier alpha value is -2.93. The topological polar surface area (TPSA) is 87.5 Å². The Morgan fingerprint density at radius 3 is 2.77 bits per heavy atom. The van der Waals surface area contributed by atoms with Crippen LogP contribution in [0.2, 0.25) is 0 Å². The largest absolute Gasteiger partial charge is 0.573 e. The van der Waals surface area contributed by atoms with Crippen molar-refractivity contribution in [2.24, 2.45) is 0 Å². The van der Waals surface area contributed by atoms with Gasteiger partial charge in [-0.1, -0.05) is 25.5 Å². The Morgan fingerprint density at radius 1 is 1.27 bits per heavy atom. The molecule has 0 atom stereocenters. The van der Waals surface area contributed by atoms with Crippen LogP contribution in [0.3, 0.4) is 0 Å². The standard InChI is InChI=1S/C16H12F3N5OS/c1-2-4-12-14(13-11(8-20)22-24-23-13)21-15(26-12)9-5-3-6-10(7-9)25-16(17,18)19/h3,5-7H,2,4H2,1H3,(H,22,23,24). The fourth-order valence-corrected chi connectivity index (χ4v) is 3.52. The lowest BCUT2D eigenvalue weighted by molar-refractivity contribution is -0.274. The van der Waals surface area contributed by atoms with Crippen molar-refractivity contribution in [2.45, 2.75) is 26.1 Å². The molecule has 0 aliphatic carbocycles. The molecule has 6 nitrogen and oxygen atoms in total. The van der Waals surface area contributed by atoms with Crippen molar-refractivity contribution in [3.8, 4) is 33.8 Å². The molecule has 3 rings (SSSR count). The Labute approximate surface area is 150 Å². The molecular weight excluding hydrogens is 367 g/mol. The Morgan fingerprint density at radius 2 is 2.08 bits per heavy atom. The first-order chi connectivity index (χ1) is 12.4. The second-order valence-corrected chi connectivity index (χ2v) is 6.33. The third-order valence-corrected chi connectivity index (χ3v) is 4.53. The van der Waals surface area contributed by atoms with Gasteiger partial charge in [0.25, 0.3) is 0 Å². The molecule has 2 heterocycles. The SMILES string of the molecule is CCCc1sc(-c2cccc(OC(F)(F)F)c2)nc1-c1n[nH]nc1C#N. The Balaban J connectivity index is 2.03. The van der Waals surface area contributed by atoms with Gasteiger partial charge in [-0.05, 0) is 18.6 Å². The molecule has 3 aromatic rings. The highest BCUT2D eigenvalue weighted by Gasteiger charge is 2.31. The summed E-state index contributed by atoms with van der Waals surface area (Å²) in [4.78, 5) is 5.38. The summed E-state index contributed by atoms with van der Waals surface area (Å²) in [7, 11) is 0. The predicted molar refractivity (Wildman–Crippen MR) is 88.3 cm³/mol. The summed E-state index contributed by atoms with van der Waals surface area (Å²) in [6.45, 7) is 2.00. The zero-order chi connectivity index (χ0) is 18.7. The van der Waals surface area contributed by atoms with Crippen LogP contribution in [-0.4, -0.2) is 26.8 Å². The second kappa shape index (κ2) is 7.13. The van der Waals surface area contributed by atoms with Gasteiger partial charge in [0.2, 0.25) is 0 Å². The van der Waals surface area contributed by atoms with Gasteiger partial charge in [0, 0.05) is 10.4 Å². The van der Waals surface area contributed by atoms with Crippen LogP contribution in [0.5, 0.6) is 5.75 Å². The van der Waals surface area contributed by atoms with Crippen LogP contribution in [0.15, 0.2) is 24.3 Å². The zero-order valence-corrected chi connectivity index (χ0v) is 14.3. The van der Waals surface area contributed by atoms with E-state index in [-0.39, 0.29) is 11.4 Å². The number of H-pyrrole nitrogens is 1. The highest BCUT2D eigenvalue weighted by Crippen LogP contribution is 2.36. The predicted octanol–water partition coefficient (Wildman–Crippen LogP) is 4.32. The van der Waals surface area contributed by atoms with E-state index >= 15 is 0 Å². The number of rotatable bonds is 5. The van der Waals surface area contributed by atoms with Crippen LogP contribution in [0, 0.1) is 11.3 Å². The van der Waals surface area contributed by atoms with Gasteiger partial charge in [0.05, 0.1) is 0 Å². The van der Waals surface area contributed by atoms with Crippen molar-refractivity contribution in [2.75, 3.05) is 0 Å². The number of benzene rings is 1. The van der Waals surface area contributed by atoms with Gasteiger partial charge in [-0.15, -0.1) is 29.6 Å². The first kappa shape index (κ1) is 17.9. The Kier molecular flexibility index (Phi) is 4.90. The van der Waals surface area contributed by atoms with E-state index in [4.69, 9.17) is 5.26 Å². The molecule has 134 valence electrons. The third kappa shape index (κ3) is 3.83. The van der Waals surface area contributed by atoms with Crippen LogP contribution in [0.25, 0.3) is 22.0 Å². The van der Waals surface area contributed by atoms with E-state index < -0.39 is 6.36 Å². The number of halogens is 3. The number of hydrogen-bond donors (Lipinski definition) is 1. The fraction of sp³-hybridized carbons (Fsp3) is 0.250. The molecule has 2 aromatic heterocycles. The number of ether oxygens (including phenoxy) is 1. The molecule has 0 aliphatic rings. The Bertz CT molecular complexity index is 957. The number of nitriles is 1. The molecule has 0 unspecified atom stereocenters. The fourth-order valence-electron chi connectivity index (χ4n) is 2.36. The van der Waals surface area contributed by atoms with Crippen molar-refractivity contribution in [1.82, 2.24) is 20.4 Å². The smallest absolute Gasteiger partial charge is 0.406 e. The first-order valence-corrected chi connectivity index (χ1v) is 8.40. The molecule has 26 heavy (non-hydrogen) atoms. The molecule has 1 aromatic carbocycles. The number of nitrogens with one attached hydrogen (secondary N) is 1. The van der Waals surface area contributed by atoms with Crippen LogP contribution in [0.4, 0.5) is 13.2 Å². The van der Waals surface area contributed by atoms with Crippen LogP contribution in [0.1, 0.15) is 23.9 Å². The summed E-state index contributed by atoms with van der Waals surface area (Å²) in [6.07, 6.45) is -3.22. The summed E-state index contributed by atoms with van der Waals surface area (Å²) in [5.74, 6) is -0.317. The number of aromatic amines is 1. The van der Waals surface area contributed by atoms with E-state index in [1.54, 1.807) is 6.07 Å². The van der Waals surface area contributed by atoms with E-state index in [0.29, 0.717) is 28.4 Å². The average molecular weight is 379 g/mol. The van der Waals surface area contributed by atoms with E-state index in [1.165, 1.54) is 29.5 Å². The van der Waals surface area contributed by atoms with Crippen molar-refractivity contribution < 1.29 is 17.9 Å². The molecule has 0 bridgehead atoms. The van der Waals surface area contributed by atoms with Crippen LogP contribution in [-0.2, 0) is 6.42 Å². The van der Waals surface area contributed by atoms with Gasteiger partial charge in [0.15, 0.2) is 11.4 Å². The van der Waals surface area contributed by atoms with Gasteiger partial charge in [-0.3, -0.25) is 0 Å². The normalized spacial score (nSPS) is 11.3. The number of nitrogens with zero attached hydrogens (tertiary/aromatic N) is 4. The first-order valence-electron chi connectivity index (χ1n) is 7.58. The molecule has 0 saturated heterocycles. The number of thiazole rings is 1. The van der Waals surface area contributed by atoms with Crippen molar-refractivity contribution in [3.63, 3.8) is 0 Å². The molecule has 0 amide bonds. The average Bonchev–Trinajstić information content (AvgIpc) is 3.20. The summed E-state index contributed by atoms with van der Waals surface area (Å²) in [5, 5.41) is 19.8. The number of alkyl halides is 3. The maximum atomic E-state index is 12.4. The molecule has 1 N–H and O–H groups in total. The summed E-state index contributed by atoms with van der Waals surface area (Å²) < 4.78 is 41.3. The lowest BCUT2D eigenvalue weighted by Gasteiger charge is -2.09. The lowest BCUT2D eigenvalue weighted by Crippen LogP contribution is -2.17. The van der Waals surface area contributed by atoms with Crippen molar-refractivity contribution in [1.29, 1.82) is 5.26 Å². The highest BCUT2D eigenvalue weighted by atomic mass is 32.1. The van der Waals surface area contributed by atoms with E-state index in [0.717, 1.165) is 11.3 Å². The lowest BCUT2D eigenvalue weighted by atomic mass is 10.2. The number of aryl methyl sites for hydroxylation is 1. The number of hydrogen-bond acceptors (Lipinski definition) is 6. The van der Waals surface area contributed by atoms with Crippen LogP contribution >= 0.6 is 11.3 Å². The van der Waals surface area contributed by atoms with Crippen molar-refractivity contribution in [3.05, 3.63) is 34.8 Å². The molecule has 0 fully saturated rings. The monoisotopic (exact) mass is 379 g/mol. The summed E-state index contributed by atoms with van der Waals surface area (Å²) in [6, 6.07) is 7.56. The van der Waals surface area contributed by atoms with Gasteiger partial charge >= 0.3 is 6.36 Å². The van der Waals surface area contributed by atoms with Crippen LogP contribution < -0.4 is 4.74 Å². The minimum absolute atomic E-state index is 0.119. The summed E-state index contributed by atoms with van der Waals surface area (Å²) >= 11 is 1.34. The number of aromatic nitrogens is 4. The minimum Gasteiger partial charge on any atom is -0.406 e. The van der Waals surface area contributed by atoms with E-state index in [2.05, 4.69) is 25.1 Å². The van der Waals surface area contributed by atoms with Crippen molar-refractivity contribution >= 4 is 11.3 Å². The third-order valence-electron chi connectivity index (χ3n) is 3.37. The van der Waals surface area contributed by atoms with Gasteiger partial charge < -0.3 is 4.74 Å². The molecule has 10 heteroatoms. The maximum Gasteiger partial charge on any atom is 0.573 e. The zero-order valence-electron chi connectivity index (χ0n) is 13.5. The quantitative estimate of drug-likeness (QED) is 0.713. The highest BCUT2D eigenvalue weighted by molar-refractivity contribution is 7.15. The van der Waals surface area contributed by atoms with E-state index in [1.807, 2.05) is 13.0 Å². The summed E-state index contributed by atoms with van der Waals surface area (Å²) in [5.41, 5.74) is 1.45. The molecule has 0 radical (unpaired) electrons. The molecule has 0 spiro atoms. The molecule has 0 saturated carbocycles. The molecule has 0 aliphatic heterocycles. The van der Waals surface area contributed by atoms with Gasteiger partial charge in [-0.2, -0.15) is 15.6 Å². The van der Waals surface area contributed by atoms with E-state index in [9.17, 15) is 13.2 Å². The molecular formula is C16H12F3N5OS. The second-order valence-electron chi connectivity index (χ2n) is 5.25. The maximum absolute atomic E-state index is 12.4. The van der Waals surface area contributed by atoms with Gasteiger partial charge in [-0.25, -0.2) is 4.98 Å². The minimum atomic E-state index is -4.76.